The molecular weight excluding hydrogens is 446 g/mol. The number of hydrogen-bond acceptors (Lipinski definition) is 5. The van der Waals surface area contributed by atoms with E-state index in [-0.39, 0.29) is 29.0 Å². The number of rotatable bonds is 8. The van der Waals surface area contributed by atoms with E-state index in [1.165, 1.54) is 26.2 Å². The van der Waals surface area contributed by atoms with Gasteiger partial charge in [0.05, 0.1) is 7.11 Å². The molecule has 0 fully saturated rings. The number of sulfonamides is 1. The van der Waals surface area contributed by atoms with Gasteiger partial charge in [-0.25, -0.2) is 13.1 Å². The number of ether oxygens (including phenoxy) is 1. The first-order chi connectivity index (χ1) is 15.4. The summed E-state index contributed by atoms with van der Waals surface area (Å²) in [5, 5.41) is 5.64. The summed E-state index contributed by atoms with van der Waals surface area (Å²) < 4.78 is 34.5. The van der Waals surface area contributed by atoms with Crippen molar-refractivity contribution >= 4 is 43.9 Å². The van der Waals surface area contributed by atoms with Gasteiger partial charge in [-0.1, -0.05) is 24.3 Å². The minimum Gasteiger partial charge on any atom is -0.495 e. The largest absolute Gasteiger partial charge is 0.495 e. The number of carbonyl (C=O) groups is 1. The standard InChI is InChI=1S/C23H23N3O4S2/c1-15(27)26-16-9-10-21(30-2)23(12-16)32(28,29)25-14-19(22-8-5-11-31-22)18-13-24-20-7-4-3-6-17(18)20/h3-13,19,24-25H,14H2,1-2H3,(H,26,27)/t19-/m1/s1. The molecule has 0 saturated heterocycles. The lowest BCUT2D eigenvalue weighted by atomic mass is 9.97. The third-order valence-electron chi connectivity index (χ3n) is 5.13. The Hall–Kier alpha value is -3.14. The fraction of sp³-hybridized carbons (Fsp3) is 0.174. The number of aromatic nitrogens is 1. The van der Waals surface area contributed by atoms with Crippen LogP contribution in [0, 0.1) is 0 Å². The van der Waals surface area contributed by atoms with Crippen LogP contribution in [0.4, 0.5) is 5.69 Å². The van der Waals surface area contributed by atoms with E-state index in [0.29, 0.717) is 5.69 Å². The average Bonchev–Trinajstić information content (AvgIpc) is 3.44. The van der Waals surface area contributed by atoms with Crippen LogP contribution < -0.4 is 14.8 Å². The van der Waals surface area contributed by atoms with Gasteiger partial charge >= 0.3 is 0 Å². The van der Waals surface area contributed by atoms with Crippen LogP contribution in [0.3, 0.4) is 0 Å². The van der Waals surface area contributed by atoms with Crippen molar-refractivity contribution in [3.8, 4) is 5.75 Å². The number of fused-ring (bicyclic) bond motifs is 1. The van der Waals surface area contributed by atoms with Crippen LogP contribution in [0.25, 0.3) is 10.9 Å². The number of carbonyl (C=O) groups excluding carboxylic acids is 1. The van der Waals surface area contributed by atoms with Gasteiger partial charge in [0, 0.05) is 47.1 Å². The Kier molecular flexibility index (Phi) is 6.31. The van der Waals surface area contributed by atoms with Crippen LogP contribution in [0.15, 0.2) is 71.1 Å². The van der Waals surface area contributed by atoms with E-state index in [1.54, 1.807) is 17.4 Å². The number of aromatic amines is 1. The molecule has 0 unspecified atom stereocenters. The van der Waals surface area contributed by atoms with Crippen molar-refractivity contribution in [2.45, 2.75) is 17.7 Å². The predicted octanol–water partition coefficient (Wildman–Crippen LogP) is 4.31. The van der Waals surface area contributed by atoms with Gasteiger partial charge in [0.25, 0.3) is 0 Å². The van der Waals surface area contributed by atoms with Crippen LogP contribution in [0.5, 0.6) is 5.75 Å². The van der Waals surface area contributed by atoms with E-state index >= 15 is 0 Å². The smallest absolute Gasteiger partial charge is 0.244 e. The molecule has 166 valence electrons. The molecule has 0 bridgehead atoms. The quantitative estimate of drug-likeness (QED) is 0.358. The Morgan fingerprint density at radius 1 is 1.16 bits per heavy atom. The van der Waals surface area contributed by atoms with E-state index in [9.17, 15) is 13.2 Å². The van der Waals surface area contributed by atoms with Crippen molar-refractivity contribution in [1.29, 1.82) is 0 Å². The third kappa shape index (κ3) is 4.55. The van der Waals surface area contributed by atoms with Crippen LogP contribution in [0.1, 0.15) is 23.3 Å². The normalized spacial score (nSPS) is 12.6. The monoisotopic (exact) mass is 469 g/mol. The van der Waals surface area contributed by atoms with Gasteiger partial charge in [0.2, 0.25) is 15.9 Å². The summed E-state index contributed by atoms with van der Waals surface area (Å²) in [6, 6.07) is 16.4. The van der Waals surface area contributed by atoms with E-state index in [1.807, 2.05) is 48.0 Å². The lowest BCUT2D eigenvalue weighted by Crippen LogP contribution is -2.29. The van der Waals surface area contributed by atoms with Crippen molar-refractivity contribution in [3.63, 3.8) is 0 Å². The zero-order valence-electron chi connectivity index (χ0n) is 17.6. The first kappa shape index (κ1) is 22.1. The summed E-state index contributed by atoms with van der Waals surface area (Å²) in [5.74, 6) is -0.264. The molecule has 2 aromatic heterocycles. The van der Waals surface area contributed by atoms with Gasteiger partial charge in [-0.3, -0.25) is 4.79 Å². The lowest BCUT2D eigenvalue weighted by Gasteiger charge is -2.18. The maximum absolute atomic E-state index is 13.2. The van der Waals surface area contributed by atoms with Gasteiger partial charge in [0.1, 0.15) is 10.6 Å². The van der Waals surface area contributed by atoms with E-state index in [4.69, 9.17) is 4.74 Å². The molecule has 7 nitrogen and oxygen atoms in total. The first-order valence-electron chi connectivity index (χ1n) is 9.94. The highest BCUT2D eigenvalue weighted by atomic mass is 32.2. The SMILES string of the molecule is COc1ccc(NC(C)=O)cc1S(=O)(=O)NC[C@@H](c1cccs1)c1c[nH]c2ccccc12. The van der Waals surface area contributed by atoms with Crippen LogP contribution in [-0.4, -0.2) is 33.0 Å². The summed E-state index contributed by atoms with van der Waals surface area (Å²) in [7, 11) is -2.51. The van der Waals surface area contributed by atoms with Gasteiger partial charge in [-0.15, -0.1) is 11.3 Å². The number of nitrogens with one attached hydrogen (secondary N) is 3. The molecular formula is C23H23N3O4S2. The molecule has 1 atom stereocenters. The minimum absolute atomic E-state index is 0.0323. The summed E-state index contributed by atoms with van der Waals surface area (Å²) in [6.45, 7) is 1.53. The van der Waals surface area contributed by atoms with Gasteiger partial charge in [-0.05, 0) is 41.3 Å². The molecule has 32 heavy (non-hydrogen) atoms. The second-order valence-corrected chi connectivity index (χ2v) is 9.97. The molecule has 0 aliphatic rings. The molecule has 4 aromatic rings. The van der Waals surface area contributed by atoms with Crippen molar-refractivity contribution in [2.24, 2.45) is 0 Å². The first-order valence-corrected chi connectivity index (χ1v) is 12.3. The van der Waals surface area contributed by atoms with Gasteiger partial charge in [0.15, 0.2) is 0 Å². The highest BCUT2D eigenvalue weighted by Crippen LogP contribution is 2.34. The molecule has 9 heteroatoms. The number of hydrogen-bond donors (Lipinski definition) is 3. The van der Waals surface area contributed by atoms with Crippen molar-refractivity contribution in [1.82, 2.24) is 9.71 Å². The number of anilines is 1. The third-order valence-corrected chi connectivity index (χ3v) is 7.57. The fourth-order valence-electron chi connectivity index (χ4n) is 3.67. The average molecular weight is 470 g/mol. The zero-order valence-corrected chi connectivity index (χ0v) is 19.2. The lowest BCUT2D eigenvalue weighted by molar-refractivity contribution is -0.114. The molecule has 2 heterocycles. The Bertz CT molecular complexity index is 1340. The molecule has 0 aliphatic heterocycles. The molecule has 3 N–H and O–H groups in total. The van der Waals surface area contributed by atoms with Crippen LogP contribution in [0.2, 0.25) is 0 Å². The molecule has 0 radical (unpaired) electrons. The van der Waals surface area contributed by atoms with Gasteiger partial charge < -0.3 is 15.0 Å². The van der Waals surface area contributed by atoms with Gasteiger partial charge in [-0.2, -0.15) is 0 Å². The van der Waals surface area contributed by atoms with Crippen LogP contribution in [-0.2, 0) is 14.8 Å². The predicted molar refractivity (Wildman–Crippen MR) is 127 cm³/mol. The second-order valence-electron chi connectivity index (χ2n) is 7.26. The Balaban J connectivity index is 1.67. The molecule has 2 aromatic carbocycles. The maximum atomic E-state index is 13.2. The molecule has 0 saturated carbocycles. The topological polar surface area (TPSA) is 100 Å². The number of thiophene rings is 1. The Labute approximate surface area is 190 Å². The summed E-state index contributed by atoms with van der Waals surface area (Å²) in [6.07, 6.45) is 1.93. The minimum atomic E-state index is -3.92. The number of methoxy groups -OCH3 is 1. The van der Waals surface area contributed by atoms with E-state index in [2.05, 4.69) is 15.0 Å². The number of H-pyrrole nitrogens is 1. The number of amides is 1. The summed E-state index contributed by atoms with van der Waals surface area (Å²) >= 11 is 1.58. The summed E-state index contributed by atoms with van der Waals surface area (Å²) in [4.78, 5) is 15.7. The Morgan fingerprint density at radius 3 is 2.69 bits per heavy atom. The summed E-state index contributed by atoms with van der Waals surface area (Å²) in [5.41, 5.74) is 2.39. The van der Waals surface area contributed by atoms with Crippen molar-refractivity contribution in [2.75, 3.05) is 19.0 Å². The second kappa shape index (κ2) is 9.15. The highest BCUT2D eigenvalue weighted by molar-refractivity contribution is 7.89. The van der Waals surface area contributed by atoms with E-state index in [0.717, 1.165) is 21.3 Å². The highest BCUT2D eigenvalue weighted by Gasteiger charge is 2.25. The molecule has 1 amide bonds. The molecule has 0 spiro atoms. The number of para-hydroxylation sites is 1. The van der Waals surface area contributed by atoms with Crippen molar-refractivity contribution in [3.05, 3.63) is 76.6 Å². The molecule has 4 rings (SSSR count). The zero-order chi connectivity index (χ0) is 22.7. The Morgan fingerprint density at radius 2 is 1.97 bits per heavy atom. The maximum Gasteiger partial charge on any atom is 0.244 e. The van der Waals surface area contributed by atoms with Crippen LogP contribution >= 0.6 is 11.3 Å². The molecule has 0 aliphatic carbocycles. The fourth-order valence-corrected chi connectivity index (χ4v) is 5.76. The van der Waals surface area contributed by atoms with E-state index < -0.39 is 10.0 Å². The van der Waals surface area contributed by atoms with Crippen molar-refractivity contribution < 1.29 is 17.9 Å². The number of benzene rings is 2.